The van der Waals surface area contributed by atoms with Crippen LogP contribution in [0.4, 0.5) is 10.1 Å². The maximum Gasteiger partial charge on any atom is 0.147 e. The fourth-order valence-electron chi connectivity index (χ4n) is 1.65. The van der Waals surface area contributed by atoms with E-state index in [0.717, 1.165) is 0 Å². The lowest BCUT2D eigenvalue weighted by atomic mass is 10.2. The minimum Gasteiger partial charge on any atom is -0.508 e. The van der Waals surface area contributed by atoms with Gasteiger partial charge in [-0.3, -0.25) is 0 Å². The monoisotopic (exact) mass is 325 g/mol. The number of anilines is 1. The molecule has 0 bridgehead atoms. The average Bonchev–Trinajstić information content (AvgIpc) is 2.39. The number of benzene rings is 2. The van der Waals surface area contributed by atoms with Crippen molar-refractivity contribution in [3.63, 3.8) is 0 Å². The van der Waals surface area contributed by atoms with Crippen LogP contribution in [0.2, 0.25) is 0 Å². The summed E-state index contributed by atoms with van der Waals surface area (Å²) >= 11 is 3.20. The van der Waals surface area contributed by atoms with E-state index in [9.17, 15) is 9.50 Å². The van der Waals surface area contributed by atoms with Gasteiger partial charge in [-0.1, -0.05) is 15.9 Å². The Balaban J connectivity index is 2.14. The van der Waals surface area contributed by atoms with Crippen LogP contribution in [0, 0.1) is 5.82 Å². The highest BCUT2D eigenvalue weighted by Gasteiger charge is 2.06. The molecule has 3 nitrogen and oxygen atoms in total. The Morgan fingerprint density at radius 2 is 2.05 bits per heavy atom. The SMILES string of the molecule is COc1ccc(O)c(CNc2ccc(Br)cc2F)c1. The summed E-state index contributed by atoms with van der Waals surface area (Å²) in [6, 6.07) is 9.69. The molecule has 0 unspecified atom stereocenters. The van der Waals surface area contributed by atoms with Crippen LogP contribution in [-0.4, -0.2) is 12.2 Å². The van der Waals surface area contributed by atoms with Crippen LogP contribution in [0.15, 0.2) is 40.9 Å². The Kier molecular flexibility index (Phi) is 4.27. The number of halogens is 2. The van der Waals surface area contributed by atoms with Gasteiger partial charge in [-0.2, -0.15) is 0 Å². The molecule has 5 heteroatoms. The van der Waals surface area contributed by atoms with Gasteiger partial charge in [0.25, 0.3) is 0 Å². The predicted molar refractivity (Wildman–Crippen MR) is 76.1 cm³/mol. The molecule has 2 aromatic carbocycles. The van der Waals surface area contributed by atoms with Crippen LogP contribution >= 0.6 is 15.9 Å². The molecule has 19 heavy (non-hydrogen) atoms. The highest BCUT2D eigenvalue weighted by molar-refractivity contribution is 9.10. The zero-order valence-electron chi connectivity index (χ0n) is 10.3. The third kappa shape index (κ3) is 3.38. The van der Waals surface area contributed by atoms with Gasteiger partial charge < -0.3 is 15.2 Å². The van der Waals surface area contributed by atoms with E-state index in [1.54, 1.807) is 37.4 Å². The second-order valence-electron chi connectivity index (χ2n) is 3.97. The number of methoxy groups -OCH3 is 1. The Bertz CT molecular complexity index is 590. The second kappa shape index (κ2) is 5.93. The molecule has 0 saturated heterocycles. The van der Waals surface area contributed by atoms with Crippen molar-refractivity contribution in [2.45, 2.75) is 6.54 Å². The summed E-state index contributed by atoms with van der Waals surface area (Å²) in [7, 11) is 1.55. The molecule has 2 rings (SSSR count). The lowest BCUT2D eigenvalue weighted by molar-refractivity contribution is 0.411. The van der Waals surface area contributed by atoms with E-state index in [0.29, 0.717) is 28.0 Å². The molecule has 0 aromatic heterocycles. The molecule has 0 spiro atoms. The number of aromatic hydroxyl groups is 1. The van der Waals surface area contributed by atoms with Crippen molar-refractivity contribution in [3.05, 3.63) is 52.3 Å². The van der Waals surface area contributed by atoms with E-state index in [2.05, 4.69) is 21.2 Å². The molecule has 0 aliphatic carbocycles. The summed E-state index contributed by atoms with van der Waals surface area (Å²) in [5, 5.41) is 12.7. The number of ether oxygens (including phenoxy) is 1. The minimum atomic E-state index is -0.350. The summed E-state index contributed by atoms with van der Waals surface area (Å²) in [5.41, 5.74) is 1.02. The summed E-state index contributed by atoms with van der Waals surface area (Å²) in [5.74, 6) is 0.438. The molecular formula is C14H13BrFNO2. The van der Waals surface area contributed by atoms with Crippen molar-refractivity contribution in [1.29, 1.82) is 0 Å². The Hall–Kier alpha value is -1.75. The number of hydrogen-bond acceptors (Lipinski definition) is 3. The van der Waals surface area contributed by atoms with E-state index in [1.165, 1.54) is 6.07 Å². The third-order valence-electron chi connectivity index (χ3n) is 2.69. The summed E-state index contributed by atoms with van der Waals surface area (Å²) in [6.07, 6.45) is 0. The van der Waals surface area contributed by atoms with Gasteiger partial charge in [0.1, 0.15) is 17.3 Å². The molecule has 0 fully saturated rings. The number of phenols is 1. The molecule has 0 saturated carbocycles. The number of phenolic OH excluding ortho intramolecular Hbond substituents is 1. The van der Waals surface area contributed by atoms with Gasteiger partial charge in [0.15, 0.2) is 0 Å². The molecular weight excluding hydrogens is 313 g/mol. The van der Waals surface area contributed by atoms with Gasteiger partial charge in [-0.15, -0.1) is 0 Å². The Morgan fingerprint density at radius 1 is 1.26 bits per heavy atom. The zero-order chi connectivity index (χ0) is 13.8. The van der Waals surface area contributed by atoms with Gasteiger partial charge in [-0.05, 0) is 36.4 Å². The maximum atomic E-state index is 13.6. The lowest BCUT2D eigenvalue weighted by Gasteiger charge is -2.10. The fraction of sp³-hybridized carbons (Fsp3) is 0.143. The standard InChI is InChI=1S/C14H13BrFNO2/c1-19-11-3-5-14(18)9(6-11)8-17-13-4-2-10(15)7-12(13)16/h2-7,17-18H,8H2,1H3. The van der Waals surface area contributed by atoms with Crippen LogP contribution in [-0.2, 0) is 6.54 Å². The van der Waals surface area contributed by atoms with Gasteiger partial charge >= 0.3 is 0 Å². The quantitative estimate of drug-likeness (QED) is 0.895. The largest absolute Gasteiger partial charge is 0.508 e. The lowest BCUT2D eigenvalue weighted by Crippen LogP contribution is -2.02. The van der Waals surface area contributed by atoms with Gasteiger partial charge in [-0.25, -0.2) is 4.39 Å². The number of nitrogens with one attached hydrogen (secondary N) is 1. The highest BCUT2D eigenvalue weighted by Crippen LogP contribution is 2.25. The van der Waals surface area contributed by atoms with Crippen LogP contribution in [0.3, 0.4) is 0 Å². The third-order valence-corrected chi connectivity index (χ3v) is 3.18. The molecule has 0 heterocycles. The first-order valence-corrected chi connectivity index (χ1v) is 6.44. The van der Waals surface area contributed by atoms with Crippen molar-refractivity contribution in [1.82, 2.24) is 0 Å². The van der Waals surface area contributed by atoms with E-state index >= 15 is 0 Å². The molecule has 0 atom stereocenters. The first kappa shape index (κ1) is 13.7. The van der Waals surface area contributed by atoms with Crippen molar-refractivity contribution < 1.29 is 14.2 Å². The second-order valence-corrected chi connectivity index (χ2v) is 4.89. The Morgan fingerprint density at radius 3 is 2.74 bits per heavy atom. The van der Waals surface area contributed by atoms with Gasteiger partial charge in [0.05, 0.1) is 12.8 Å². The van der Waals surface area contributed by atoms with Crippen molar-refractivity contribution in [2.75, 3.05) is 12.4 Å². The normalized spacial score (nSPS) is 10.3. The molecule has 2 N–H and O–H groups in total. The van der Waals surface area contributed by atoms with E-state index in [4.69, 9.17) is 4.74 Å². The minimum absolute atomic E-state index is 0.144. The van der Waals surface area contributed by atoms with Gasteiger partial charge in [0, 0.05) is 16.6 Å². The summed E-state index contributed by atoms with van der Waals surface area (Å²) < 4.78 is 19.4. The van der Waals surface area contributed by atoms with E-state index in [1.807, 2.05) is 0 Å². The van der Waals surface area contributed by atoms with Crippen LogP contribution in [0.1, 0.15) is 5.56 Å². The first-order valence-electron chi connectivity index (χ1n) is 5.65. The predicted octanol–water partition coefficient (Wildman–Crippen LogP) is 3.91. The zero-order valence-corrected chi connectivity index (χ0v) is 11.9. The van der Waals surface area contributed by atoms with E-state index in [-0.39, 0.29) is 11.6 Å². The molecule has 100 valence electrons. The molecule has 0 radical (unpaired) electrons. The molecule has 0 amide bonds. The van der Waals surface area contributed by atoms with Crippen molar-refractivity contribution >= 4 is 21.6 Å². The highest BCUT2D eigenvalue weighted by atomic mass is 79.9. The summed E-state index contributed by atoms with van der Waals surface area (Å²) in [6.45, 7) is 0.307. The van der Waals surface area contributed by atoms with Crippen LogP contribution in [0.25, 0.3) is 0 Å². The van der Waals surface area contributed by atoms with Crippen LogP contribution < -0.4 is 10.1 Å². The van der Waals surface area contributed by atoms with Crippen LogP contribution in [0.5, 0.6) is 11.5 Å². The van der Waals surface area contributed by atoms with Gasteiger partial charge in [0.2, 0.25) is 0 Å². The first-order chi connectivity index (χ1) is 9.10. The Labute approximate surface area is 119 Å². The molecule has 0 aliphatic heterocycles. The number of hydrogen-bond donors (Lipinski definition) is 2. The summed E-state index contributed by atoms with van der Waals surface area (Å²) in [4.78, 5) is 0. The average molecular weight is 326 g/mol. The molecule has 0 aliphatic rings. The fourth-order valence-corrected chi connectivity index (χ4v) is 1.99. The van der Waals surface area contributed by atoms with Crippen molar-refractivity contribution in [2.24, 2.45) is 0 Å². The maximum absolute atomic E-state index is 13.6. The van der Waals surface area contributed by atoms with E-state index < -0.39 is 0 Å². The molecule has 2 aromatic rings. The topological polar surface area (TPSA) is 41.5 Å². The smallest absolute Gasteiger partial charge is 0.147 e. The van der Waals surface area contributed by atoms with Crippen molar-refractivity contribution in [3.8, 4) is 11.5 Å². The number of rotatable bonds is 4.